The minimum atomic E-state index is 0.470. The Morgan fingerprint density at radius 2 is 1.65 bits per heavy atom. The first-order valence-corrected chi connectivity index (χ1v) is 7.88. The van der Waals surface area contributed by atoms with E-state index in [9.17, 15) is 9.59 Å². The van der Waals surface area contributed by atoms with Crippen molar-refractivity contribution in [2.75, 3.05) is 13.1 Å². The van der Waals surface area contributed by atoms with Crippen molar-refractivity contribution in [3.05, 3.63) is 0 Å². The largest absolute Gasteiger partial charge is 0.234 e. The Bertz CT molecular complexity index is 401. The maximum Gasteiger partial charge on any atom is 0.234 e. The zero-order valence-electron chi connectivity index (χ0n) is 12.1. The van der Waals surface area contributed by atoms with Crippen LogP contribution in [0.25, 0.3) is 0 Å². The van der Waals surface area contributed by atoms with Gasteiger partial charge in [-0.15, -0.1) is 0 Å². The molecule has 0 aromatic carbocycles. The van der Waals surface area contributed by atoms with Crippen molar-refractivity contribution in [2.24, 2.45) is 27.2 Å². The van der Waals surface area contributed by atoms with E-state index in [-0.39, 0.29) is 0 Å². The van der Waals surface area contributed by atoms with Crippen molar-refractivity contribution in [3.63, 3.8) is 0 Å². The van der Waals surface area contributed by atoms with Crippen molar-refractivity contribution in [1.82, 2.24) is 0 Å². The zero-order valence-corrected chi connectivity index (χ0v) is 12.1. The van der Waals surface area contributed by atoms with Gasteiger partial charge < -0.3 is 0 Å². The van der Waals surface area contributed by atoms with Gasteiger partial charge in [-0.2, -0.15) is 0 Å². The average molecular weight is 276 g/mol. The highest BCUT2D eigenvalue weighted by Crippen LogP contribution is 2.57. The summed E-state index contributed by atoms with van der Waals surface area (Å²) in [7, 11) is 0. The van der Waals surface area contributed by atoms with Crippen LogP contribution >= 0.6 is 0 Å². The van der Waals surface area contributed by atoms with Crippen LogP contribution in [0.2, 0.25) is 0 Å². The normalized spacial score (nSPS) is 31.4. The predicted octanol–water partition coefficient (Wildman–Crippen LogP) is 3.41. The first-order valence-electron chi connectivity index (χ1n) is 7.88. The monoisotopic (exact) mass is 276 g/mol. The topological polar surface area (TPSA) is 58.9 Å². The van der Waals surface area contributed by atoms with E-state index in [1.165, 1.54) is 44.9 Å². The molecule has 110 valence electrons. The fraction of sp³-hybridized carbons (Fsp3) is 0.875. The van der Waals surface area contributed by atoms with Gasteiger partial charge in [0.05, 0.1) is 13.1 Å². The highest BCUT2D eigenvalue weighted by atomic mass is 16.1. The van der Waals surface area contributed by atoms with Crippen molar-refractivity contribution < 1.29 is 9.59 Å². The number of carbonyl (C=O) groups excluding carboxylic acids is 2. The number of hydrogen-bond acceptors (Lipinski definition) is 4. The van der Waals surface area contributed by atoms with Gasteiger partial charge in [0.2, 0.25) is 12.2 Å². The molecule has 3 rings (SSSR count). The molecule has 0 radical (unpaired) electrons. The van der Waals surface area contributed by atoms with Crippen LogP contribution in [0.1, 0.15) is 57.8 Å². The van der Waals surface area contributed by atoms with Gasteiger partial charge >= 0.3 is 0 Å². The second kappa shape index (κ2) is 7.52. The number of fused-ring (bicyclic) bond motifs is 3. The first kappa shape index (κ1) is 15.2. The minimum Gasteiger partial charge on any atom is -0.211 e. The molecule has 0 heterocycles. The quantitative estimate of drug-likeness (QED) is 0.387. The third kappa shape index (κ3) is 3.65. The number of aliphatic imine (C=N–C) groups is 2. The second-order valence-electron chi connectivity index (χ2n) is 6.43. The standard InChI is InChI=1S/C16H24N2O2/c19-12-17-9-1-3-15-11-14-4-7-16(15,8-5-14)6-2-10-18-13-20/h14-15H,1-11H2. The SMILES string of the molecule is O=C=NCCCC1CC2CCC1(CCCN=C=O)CC2. The molecule has 0 amide bonds. The Labute approximate surface area is 120 Å². The third-order valence-electron chi connectivity index (χ3n) is 5.48. The lowest BCUT2D eigenvalue weighted by molar-refractivity contribution is -0.0183. The van der Waals surface area contributed by atoms with E-state index in [4.69, 9.17) is 0 Å². The molecule has 0 aliphatic heterocycles. The van der Waals surface area contributed by atoms with Crippen LogP contribution in [0.3, 0.4) is 0 Å². The van der Waals surface area contributed by atoms with Gasteiger partial charge in [-0.05, 0) is 75.0 Å². The van der Waals surface area contributed by atoms with Gasteiger partial charge in [-0.25, -0.2) is 19.6 Å². The predicted molar refractivity (Wildman–Crippen MR) is 76.9 cm³/mol. The van der Waals surface area contributed by atoms with Crippen molar-refractivity contribution >= 4 is 12.2 Å². The summed E-state index contributed by atoms with van der Waals surface area (Å²) in [6.07, 6.45) is 14.4. The van der Waals surface area contributed by atoms with Gasteiger partial charge in [0.25, 0.3) is 0 Å². The molecule has 1 atom stereocenters. The molecule has 3 fully saturated rings. The molecule has 2 bridgehead atoms. The first-order chi connectivity index (χ1) is 9.80. The lowest BCUT2D eigenvalue weighted by Gasteiger charge is -2.53. The molecule has 3 aliphatic carbocycles. The van der Waals surface area contributed by atoms with Gasteiger partial charge in [-0.1, -0.05) is 0 Å². The maximum absolute atomic E-state index is 10.1. The van der Waals surface area contributed by atoms with Crippen molar-refractivity contribution in [1.29, 1.82) is 0 Å². The van der Waals surface area contributed by atoms with Crippen LogP contribution in [-0.2, 0) is 9.59 Å². The van der Waals surface area contributed by atoms with Crippen LogP contribution in [0, 0.1) is 17.3 Å². The second-order valence-corrected chi connectivity index (χ2v) is 6.43. The van der Waals surface area contributed by atoms with Gasteiger partial charge in [-0.3, -0.25) is 0 Å². The summed E-state index contributed by atoms with van der Waals surface area (Å²) in [5.74, 6) is 1.70. The summed E-state index contributed by atoms with van der Waals surface area (Å²) in [6.45, 7) is 1.24. The van der Waals surface area contributed by atoms with Gasteiger partial charge in [0.15, 0.2) is 0 Å². The number of hydrogen-bond donors (Lipinski definition) is 0. The van der Waals surface area contributed by atoms with E-state index >= 15 is 0 Å². The molecule has 0 N–H and O–H groups in total. The average Bonchev–Trinajstić information content (AvgIpc) is 2.50. The van der Waals surface area contributed by atoms with Crippen LogP contribution in [0.4, 0.5) is 0 Å². The Balaban J connectivity index is 1.89. The smallest absolute Gasteiger partial charge is 0.211 e. The Morgan fingerprint density at radius 1 is 1.00 bits per heavy atom. The van der Waals surface area contributed by atoms with Gasteiger partial charge in [0, 0.05) is 0 Å². The van der Waals surface area contributed by atoms with E-state index in [1.54, 1.807) is 12.2 Å². The molecule has 3 aliphatic rings. The molecular formula is C16H24N2O2. The molecule has 20 heavy (non-hydrogen) atoms. The Kier molecular flexibility index (Phi) is 5.70. The summed E-state index contributed by atoms with van der Waals surface area (Å²) >= 11 is 0. The fourth-order valence-corrected chi connectivity index (χ4v) is 4.45. The molecular weight excluding hydrogens is 252 g/mol. The molecule has 4 heteroatoms. The minimum absolute atomic E-state index is 0.470. The lowest BCUT2D eigenvalue weighted by Crippen LogP contribution is -2.42. The Hall–Kier alpha value is -1.24. The molecule has 0 aromatic heterocycles. The van der Waals surface area contributed by atoms with E-state index < -0.39 is 0 Å². The molecule has 0 saturated heterocycles. The van der Waals surface area contributed by atoms with Gasteiger partial charge in [0.1, 0.15) is 0 Å². The zero-order chi connectivity index (χ0) is 14.3. The summed E-state index contributed by atoms with van der Waals surface area (Å²) < 4.78 is 0. The maximum atomic E-state index is 10.1. The van der Waals surface area contributed by atoms with E-state index in [0.29, 0.717) is 18.5 Å². The summed E-state index contributed by atoms with van der Waals surface area (Å²) in [5.41, 5.74) is 0.470. The van der Waals surface area contributed by atoms with E-state index in [0.717, 1.165) is 24.7 Å². The van der Waals surface area contributed by atoms with Crippen molar-refractivity contribution in [2.45, 2.75) is 57.8 Å². The van der Waals surface area contributed by atoms with Crippen molar-refractivity contribution in [3.8, 4) is 0 Å². The third-order valence-corrected chi connectivity index (χ3v) is 5.48. The number of rotatable bonds is 8. The van der Waals surface area contributed by atoms with Crippen LogP contribution < -0.4 is 0 Å². The number of isocyanates is 2. The van der Waals surface area contributed by atoms with Crippen LogP contribution in [-0.4, -0.2) is 25.2 Å². The summed E-state index contributed by atoms with van der Waals surface area (Å²) in [4.78, 5) is 27.6. The molecule has 4 nitrogen and oxygen atoms in total. The summed E-state index contributed by atoms with van der Waals surface area (Å²) in [5, 5.41) is 0. The molecule has 3 saturated carbocycles. The highest BCUT2D eigenvalue weighted by molar-refractivity contribution is 5.32. The molecule has 0 spiro atoms. The fourth-order valence-electron chi connectivity index (χ4n) is 4.45. The summed E-state index contributed by atoms with van der Waals surface area (Å²) in [6, 6.07) is 0. The van der Waals surface area contributed by atoms with E-state index in [2.05, 4.69) is 9.98 Å². The molecule has 1 unspecified atom stereocenters. The van der Waals surface area contributed by atoms with Crippen LogP contribution in [0.15, 0.2) is 9.98 Å². The van der Waals surface area contributed by atoms with Crippen LogP contribution in [0.5, 0.6) is 0 Å². The highest BCUT2D eigenvalue weighted by Gasteiger charge is 2.46. The molecule has 0 aromatic rings. The van der Waals surface area contributed by atoms with E-state index in [1.807, 2.05) is 0 Å². The number of nitrogens with zero attached hydrogens (tertiary/aromatic N) is 2. The Morgan fingerprint density at radius 3 is 2.30 bits per heavy atom. The lowest BCUT2D eigenvalue weighted by atomic mass is 9.52.